The summed E-state index contributed by atoms with van der Waals surface area (Å²) in [5.41, 5.74) is 2.58. The molecule has 1 aliphatic heterocycles. The number of aromatic nitrogens is 1. The Bertz CT molecular complexity index is 681. The molecule has 24 heavy (non-hydrogen) atoms. The quantitative estimate of drug-likeness (QED) is 0.903. The van der Waals surface area contributed by atoms with Gasteiger partial charge >= 0.3 is 0 Å². The number of hydrogen-bond acceptors (Lipinski definition) is 4. The number of carbonyl (C=O) groups is 1. The van der Waals surface area contributed by atoms with E-state index < -0.39 is 0 Å². The molecule has 3 rings (SSSR count). The van der Waals surface area contributed by atoms with Gasteiger partial charge in [-0.3, -0.25) is 4.79 Å². The summed E-state index contributed by atoms with van der Waals surface area (Å²) in [5.74, 6) is 1.52. The van der Waals surface area contributed by atoms with E-state index in [1.807, 2.05) is 24.0 Å². The van der Waals surface area contributed by atoms with Gasteiger partial charge in [0.1, 0.15) is 23.6 Å². The van der Waals surface area contributed by atoms with Crippen LogP contribution in [0.1, 0.15) is 27.4 Å². The van der Waals surface area contributed by atoms with Crippen LogP contribution in [0.15, 0.2) is 28.8 Å². The van der Waals surface area contributed by atoms with E-state index in [9.17, 15) is 4.79 Å². The Morgan fingerprint density at radius 2 is 1.92 bits per heavy atom. The lowest BCUT2D eigenvalue weighted by atomic mass is 10.1. The Hall–Kier alpha value is -2.34. The molecular formula is C18H24N3O3+. The Morgan fingerprint density at radius 1 is 1.25 bits per heavy atom. The maximum absolute atomic E-state index is 12.6. The minimum absolute atomic E-state index is 0.0368. The highest BCUT2D eigenvalue weighted by Crippen LogP contribution is 2.15. The number of aryl methyl sites for hydroxylation is 2. The van der Waals surface area contributed by atoms with E-state index in [2.05, 4.69) is 17.3 Å². The first-order chi connectivity index (χ1) is 11.6. The van der Waals surface area contributed by atoms with Gasteiger partial charge in [-0.25, -0.2) is 0 Å². The highest BCUT2D eigenvalue weighted by atomic mass is 16.5. The van der Waals surface area contributed by atoms with Gasteiger partial charge in [0.2, 0.25) is 0 Å². The van der Waals surface area contributed by atoms with Crippen LogP contribution in [0.5, 0.6) is 5.75 Å². The first-order valence-electron chi connectivity index (χ1n) is 8.27. The standard InChI is InChI=1S/C18H23N3O3/c1-13-17(14(2)24-19-13)18(22)21-10-8-20(9-11-21)12-15-4-6-16(23-3)7-5-15/h4-7H,8-12H2,1-3H3/p+1. The Balaban J connectivity index is 1.56. The summed E-state index contributed by atoms with van der Waals surface area (Å²) in [6, 6.07) is 8.19. The predicted molar refractivity (Wildman–Crippen MR) is 89.3 cm³/mol. The average Bonchev–Trinajstić information content (AvgIpc) is 2.94. The molecule has 6 heteroatoms. The van der Waals surface area contributed by atoms with Gasteiger partial charge in [0, 0.05) is 5.56 Å². The number of ether oxygens (including phenoxy) is 1. The second kappa shape index (κ2) is 7.05. The first kappa shape index (κ1) is 16.5. The van der Waals surface area contributed by atoms with Crippen molar-refractivity contribution in [3.63, 3.8) is 0 Å². The summed E-state index contributed by atoms with van der Waals surface area (Å²) in [6.45, 7) is 7.98. The summed E-state index contributed by atoms with van der Waals surface area (Å²) in [7, 11) is 1.68. The number of amides is 1. The SMILES string of the molecule is COc1ccc(C[NH+]2CCN(C(=O)c3c(C)noc3C)CC2)cc1. The molecule has 128 valence electrons. The van der Waals surface area contributed by atoms with Crippen LogP contribution in [0.4, 0.5) is 0 Å². The monoisotopic (exact) mass is 330 g/mol. The van der Waals surface area contributed by atoms with Crippen LogP contribution < -0.4 is 9.64 Å². The summed E-state index contributed by atoms with van der Waals surface area (Å²) < 4.78 is 10.3. The van der Waals surface area contributed by atoms with Gasteiger partial charge in [0.15, 0.2) is 0 Å². The molecule has 1 aromatic heterocycles. The third kappa shape index (κ3) is 3.43. The number of rotatable bonds is 4. The third-order valence-electron chi connectivity index (χ3n) is 4.62. The van der Waals surface area contributed by atoms with Crippen molar-refractivity contribution >= 4 is 5.91 Å². The maximum Gasteiger partial charge on any atom is 0.259 e. The average molecular weight is 330 g/mol. The minimum atomic E-state index is 0.0368. The van der Waals surface area contributed by atoms with Crippen molar-refractivity contribution in [1.82, 2.24) is 10.1 Å². The number of quaternary nitrogens is 1. The van der Waals surface area contributed by atoms with Crippen molar-refractivity contribution in [3.8, 4) is 5.75 Å². The van der Waals surface area contributed by atoms with Gasteiger partial charge in [-0.15, -0.1) is 0 Å². The van der Waals surface area contributed by atoms with Crippen LogP contribution in [0.2, 0.25) is 0 Å². The van der Waals surface area contributed by atoms with Gasteiger partial charge < -0.3 is 19.1 Å². The van der Waals surface area contributed by atoms with E-state index in [4.69, 9.17) is 9.26 Å². The number of benzene rings is 1. The summed E-state index contributed by atoms with van der Waals surface area (Å²) in [6.07, 6.45) is 0. The van der Waals surface area contributed by atoms with Crippen molar-refractivity contribution in [3.05, 3.63) is 46.8 Å². The van der Waals surface area contributed by atoms with Crippen molar-refractivity contribution in [2.75, 3.05) is 33.3 Å². The van der Waals surface area contributed by atoms with Gasteiger partial charge in [-0.2, -0.15) is 0 Å². The van der Waals surface area contributed by atoms with Crippen LogP contribution in [-0.4, -0.2) is 49.3 Å². The number of piperazine rings is 1. The summed E-state index contributed by atoms with van der Waals surface area (Å²) in [4.78, 5) is 16.0. The lowest BCUT2D eigenvalue weighted by molar-refractivity contribution is -0.917. The molecule has 0 atom stereocenters. The second-order valence-electron chi connectivity index (χ2n) is 6.27. The number of carbonyl (C=O) groups excluding carboxylic acids is 1. The molecule has 1 aliphatic rings. The number of hydrogen-bond donors (Lipinski definition) is 1. The van der Waals surface area contributed by atoms with Gasteiger partial charge in [0.25, 0.3) is 5.91 Å². The van der Waals surface area contributed by atoms with Crippen molar-refractivity contribution in [2.45, 2.75) is 20.4 Å². The van der Waals surface area contributed by atoms with Crippen molar-refractivity contribution < 1.29 is 19.0 Å². The predicted octanol–water partition coefficient (Wildman–Crippen LogP) is 0.841. The molecule has 1 saturated heterocycles. The van der Waals surface area contributed by atoms with Crippen LogP contribution in [0.3, 0.4) is 0 Å². The molecule has 1 aromatic carbocycles. The minimum Gasteiger partial charge on any atom is -0.497 e. The van der Waals surface area contributed by atoms with Crippen LogP contribution >= 0.6 is 0 Å². The maximum atomic E-state index is 12.6. The number of nitrogens with zero attached hydrogens (tertiary/aromatic N) is 2. The van der Waals surface area contributed by atoms with E-state index in [-0.39, 0.29) is 5.91 Å². The topological polar surface area (TPSA) is 60.0 Å². The fourth-order valence-corrected chi connectivity index (χ4v) is 3.18. The molecule has 0 saturated carbocycles. The molecule has 0 spiro atoms. The second-order valence-corrected chi connectivity index (χ2v) is 6.27. The molecule has 1 N–H and O–H groups in total. The van der Waals surface area contributed by atoms with Gasteiger partial charge in [-0.1, -0.05) is 5.16 Å². The third-order valence-corrected chi connectivity index (χ3v) is 4.62. The van der Waals surface area contributed by atoms with Crippen molar-refractivity contribution in [1.29, 1.82) is 0 Å². The molecule has 1 fully saturated rings. The molecule has 2 aromatic rings. The van der Waals surface area contributed by atoms with Crippen molar-refractivity contribution in [2.24, 2.45) is 0 Å². The zero-order valence-corrected chi connectivity index (χ0v) is 14.5. The fraction of sp³-hybridized carbons (Fsp3) is 0.444. The molecular weight excluding hydrogens is 306 g/mol. The van der Waals surface area contributed by atoms with E-state index >= 15 is 0 Å². The van der Waals surface area contributed by atoms with Gasteiger partial charge in [0.05, 0.1) is 39.0 Å². The molecule has 0 unspecified atom stereocenters. The summed E-state index contributed by atoms with van der Waals surface area (Å²) >= 11 is 0. The Kier molecular flexibility index (Phi) is 4.85. The zero-order valence-electron chi connectivity index (χ0n) is 14.5. The Morgan fingerprint density at radius 3 is 2.46 bits per heavy atom. The molecule has 0 radical (unpaired) electrons. The molecule has 6 nitrogen and oxygen atoms in total. The number of nitrogens with one attached hydrogen (secondary N) is 1. The van der Waals surface area contributed by atoms with Crippen LogP contribution in [0.25, 0.3) is 0 Å². The number of methoxy groups -OCH3 is 1. The Labute approximate surface area is 142 Å². The first-order valence-corrected chi connectivity index (χ1v) is 8.27. The van der Waals surface area contributed by atoms with E-state index in [1.165, 1.54) is 10.5 Å². The molecule has 0 bridgehead atoms. The highest BCUT2D eigenvalue weighted by Gasteiger charge is 2.28. The molecule has 1 amide bonds. The summed E-state index contributed by atoms with van der Waals surface area (Å²) in [5, 5.41) is 3.88. The largest absolute Gasteiger partial charge is 0.497 e. The fourth-order valence-electron chi connectivity index (χ4n) is 3.18. The normalized spacial score (nSPS) is 15.5. The lowest BCUT2D eigenvalue weighted by Gasteiger charge is -2.32. The smallest absolute Gasteiger partial charge is 0.259 e. The van der Waals surface area contributed by atoms with E-state index in [1.54, 1.807) is 14.0 Å². The van der Waals surface area contributed by atoms with Gasteiger partial charge in [-0.05, 0) is 38.1 Å². The van der Waals surface area contributed by atoms with Crippen LogP contribution in [0, 0.1) is 13.8 Å². The van der Waals surface area contributed by atoms with E-state index in [0.29, 0.717) is 17.0 Å². The lowest BCUT2D eigenvalue weighted by Crippen LogP contribution is -3.13. The van der Waals surface area contributed by atoms with Crippen LogP contribution in [-0.2, 0) is 6.54 Å². The molecule has 2 heterocycles. The highest BCUT2D eigenvalue weighted by molar-refractivity contribution is 5.96. The zero-order chi connectivity index (χ0) is 17.1. The molecule has 0 aliphatic carbocycles. The van der Waals surface area contributed by atoms with E-state index in [0.717, 1.165) is 38.5 Å².